The van der Waals surface area contributed by atoms with Crippen LogP contribution in [0.15, 0.2) is 18.5 Å². The molecule has 2 fully saturated rings. The molecule has 1 aliphatic carbocycles. The van der Waals surface area contributed by atoms with E-state index in [-0.39, 0.29) is 11.1 Å². The van der Waals surface area contributed by atoms with E-state index in [1.807, 2.05) is 12.3 Å². The lowest BCUT2D eigenvalue weighted by atomic mass is 9.85. The van der Waals surface area contributed by atoms with Crippen LogP contribution in [0, 0.1) is 5.92 Å². The van der Waals surface area contributed by atoms with E-state index in [2.05, 4.69) is 36.0 Å². The van der Waals surface area contributed by atoms with Crippen molar-refractivity contribution in [2.24, 2.45) is 5.92 Å². The lowest BCUT2D eigenvalue weighted by molar-refractivity contribution is 0.00521. The Bertz CT molecular complexity index is 498. The largest absolute Gasteiger partial charge is 0.309 e. The molecule has 0 bridgehead atoms. The zero-order valence-electron chi connectivity index (χ0n) is 12.6. The summed E-state index contributed by atoms with van der Waals surface area (Å²) in [6, 6.07) is 2.05. The minimum atomic E-state index is 0.161. The molecule has 1 N–H and O–H groups in total. The standard InChI is InChI=1S/C16H24ClN3/c1-15(2)11-20(9-12-6-7-18-8-14(12)17)16(3,10-19-15)13-4-5-13/h6-8,13,19H,4-5,9-11H2,1-3H3. The summed E-state index contributed by atoms with van der Waals surface area (Å²) in [6.07, 6.45) is 6.31. The van der Waals surface area contributed by atoms with Crippen molar-refractivity contribution in [3.05, 3.63) is 29.0 Å². The van der Waals surface area contributed by atoms with Crippen LogP contribution in [-0.4, -0.2) is 34.1 Å². The highest BCUT2D eigenvalue weighted by Crippen LogP contribution is 2.45. The second-order valence-electron chi connectivity index (χ2n) is 7.19. The van der Waals surface area contributed by atoms with Crippen LogP contribution in [0.25, 0.3) is 0 Å². The van der Waals surface area contributed by atoms with Gasteiger partial charge in [-0.3, -0.25) is 9.88 Å². The molecular weight excluding hydrogens is 270 g/mol. The van der Waals surface area contributed by atoms with Crippen LogP contribution in [0.3, 0.4) is 0 Å². The van der Waals surface area contributed by atoms with Crippen molar-refractivity contribution in [1.82, 2.24) is 15.2 Å². The van der Waals surface area contributed by atoms with Gasteiger partial charge < -0.3 is 5.32 Å². The van der Waals surface area contributed by atoms with Gasteiger partial charge in [0, 0.05) is 43.1 Å². The van der Waals surface area contributed by atoms with Gasteiger partial charge in [0.2, 0.25) is 0 Å². The molecule has 2 aliphatic rings. The van der Waals surface area contributed by atoms with Crippen molar-refractivity contribution in [3.8, 4) is 0 Å². The summed E-state index contributed by atoms with van der Waals surface area (Å²) in [5, 5.41) is 4.49. The minimum Gasteiger partial charge on any atom is -0.309 e. The van der Waals surface area contributed by atoms with Crippen LogP contribution in [0.5, 0.6) is 0 Å². The zero-order valence-corrected chi connectivity index (χ0v) is 13.4. The zero-order chi connectivity index (χ0) is 14.4. The van der Waals surface area contributed by atoms with Gasteiger partial charge in [0.05, 0.1) is 5.02 Å². The summed E-state index contributed by atoms with van der Waals surface area (Å²) >= 11 is 6.30. The molecule has 4 heteroatoms. The van der Waals surface area contributed by atoms with E-state index in [4.69, 9.17) is 11.6 Å². The van der Waals surface area contributed by atoms with Gasteiger partial charge in [0.15, 0.2) is 0 Å². The van der Waals surface area contributed by atoms with Crippen LogP contribution in [0.2, 0.25) is 5.02 Å². The third-order valence-electron chi connectivity index (χ3n) is 4.91. The number of hydrogen-bond acceptors (Lipinski definition) is 3. The first-order chi connectivity index (χ1) is 9.41. The number of piperazine rings is 1. The van der Waals surface area contributed by atoms with Gasteiger partial charge in [-0.15, -0.1) is 0 Å². The smallest absolute Gasteiger partial charge is 0.0634 e. The maximum absolute atomic E-state index is 6.30. The molecule has 110 valence electrons. The van der Waals surface area contributed by atoms with Crippen molar-refractivity contribution in [1.29, 1.82) is 0 Å². The average Bonchev–Trinajstić information content (AvgIpc) is 3.21. The molecule has 1 saturated carbocycles. The van der Waals surface area contributed by atoms with Gasteiger partial charge in [-0.1, -0.05) is 11.6 Å². The predicted molar refractivity (Wildman–Crippen MR) is 82.9 cm³/mol. The third kappa shape index (κ3) is 2.72. The Morgan fingerprint density at radius 3 is 2.80 bits per heavy atom. The number of halogens is 1. The highest BCUT2D eigenvalue weighted by Gasteiger charge is 2.49. The molecule has 0 amide bonds. The Labute approximate surface area is 126 Å². The van der Waals surface area contributed by atoms with Crippen LogP contribution in [0.1, 0.15) is 39.2 Å². The Morgan fingerprint density at radius 1 is 1.40 bits per heavy atom. The highest BCUT2D eigenvalue weighted by atomic mass is 35.5. The minimum absolute atomic E-state index is 0.161. The highest BCUT2D eigenvalue weighted by molar-refractivity contribution is 6.31. The first-order valence-corrected chi connectivity index (χ1v) is 7.87. The molecule has 2 heterocycles. The van der Waals surface area contributed by atoms with Crippen molar-refractivity contribution in [2.45, 2.75) is 51.2 Å². The van der Waals surface area contributed by atoms with Crippen LogP contribution in [-0.2, 0) is 6.54 Å². The molecular formula is C16H24ClN3. The number of hydrogen-bond donors (Lipinski definition) is 1. The van der Waals surface area contributed by atoms with E-state index in [0.29, 0.717) is 0 Å². The summed E-state index contributed by atoms with van der Waals surface area (Å²) in [5.74, 6) is 0.826. The van der Waals surface area contributed by atoms with Gasteiger partial charge in [-0.25, -0.2) is 0 Å². The second kappa shape index (κ2) is 4.97. The molecule has 3 rings (SSSR count). The molecule has 1 saturated heterocycles. The average molecular weight is 294 g/mol. The van der Waals surface area contributed by atoms with Gasteiger partial charge in [0.1, 0.15) is 0 Å². The number of nitrogens with zero attached hydrogens (tertiary/aromatic N) is 2. The molecule has 1 unspecified atom stereocenters. The molecule has 0 spiro atoms. The molecule has 1 aliphatic heterocycles. The Kier molecular flexibility index (Phi) is 3.56. The summed E-state index contributed by atoms with van der Waals surface area (Å²) < 4.78 is 0. The molecule has 1 aromatic heterocycles. The monoisotopic (exact) mass is 293 g/mol. The normalized spacial score (nSPS) is 30.4. The topological polar surface area (TPSA) is 28.2 Å². The first-order valence-electron chi connectivity index (χ1n) is 7.49. The van der Waals surface area contributed by atoms with Gasteiger partial charge in [0.25, 0.3) is 0 Å². The maximum Gasteiger partial charge on any atom is 0.0634 e. The number of aromatic nitrogens is 1. The molecule has 1 atom stereocenters. The van der Waals surface area contributed by atoms with Crippen LogP contribution < -0.4 is 5.32 Å². The van der Waals surface area contributed by atoms with E-state index in [9.17, 15) is 0 Å². The lowest BCUT2D eigenvalue weighted by Gasteiger charge is -2.52. The first kappa shape index (κ1) is 14.3. The fourth-order valence-electron chi connectivity index (χ4n) is 3.33. The SMILES string of the molecule is CC1(C)CN(Cc2ccncc2Cl)C(C)(C2CC2)CN1. The van der Waals surface area contributed by atoms with Crippen molar-refractivity contribution in [2.75, 3.05) is 13.1 Å². The van der Waals surface area contributed by atoms with Crippen molar-refractivity contribution in [3.63, 3.8) is 0 Å². The third-order valence-corrected chi connectivity index (χ3v) is 5.25. The summed E-state index contributed by atoms with van der Waals surface area (Å²) in [5.41, 5.74) is 1.60. The molecule has 1 aromatic rings. The van der Waals surface area contributed by atoms with Crippen LogP contribution in [0.4, 0.5) is 0 Å². The number of rotatable bonds is 3. The fraction of sp³-hybridized carbons (Fsp3) is 0.688. The van der Waals surface area contributed by atoms with Gasteiger partial charge >= 0.3 is 0 Å². The molecule has 0 radical (unpaired) electrons. The maximum atomic E-state index is 6.30. The summed E-state index contributed by atoms with van der Waals surface area (Å²) in [4.78, 5) is 6.71. The lowest BCUT2D eigenvalue weighted by Crippen LogP contribution is -2.67. The summed E-state index contributed by atoms with van der Waals surface area (Å²) in [7, 11) is 0. The molecule has 3 nitrogen and oxygen atoms in total. The molecule has 0 aromatic carbocycles. The van der Waals surface area contributed by atoms with Crippen LogP contribution >= 0.6 is 11.6 Å². The van der Waals surface area contributed by atoms with Gasteiger partial charge in [-0.2, -0.15) is 0 Å². The van der Waals surface area contributed by atoms with Gasteiger partial charge in [-0.05, 0) is 51.2 Å². The Hall–Kier alpha value is -0.640. The van der Waals surface area contributed by atoms with E-state index in [1.54, 1.807) is 6.20 Å². The Balaban J connectivity index is 1.85. The fourth-order valence-corrected chi connectivity index (χ4v) is 3.50. The van der Waals surface area contributed by atoms with Crippen molar-refractivity contribution < 1.29 is 0 Å². The van der Waals surface area contributed by atoms with E-state index < -0.39 is 0 Å². The van der Waals surface area contributed by atoms with E-state index in [0.717, 1.165) is 30.6 Å². The number of pyridine rings is 1. The van der Waals surface area contributed by atoms with Crippen molar-refractivity contribution >= 4 is 11.6 Å². The summed E-state index contributed by atoms with van der Waals surface area (Å²) in [6.45, 7) is 9.99. The second-order valence-corrected chi connectivity index (χ2v) is 7.60. The Morgan fingerprint density at radius 2 is 2.15 bits per heavy atom. The molecule has 20 heavy (non-hydrogen) atoms. The number of nitrogens with one attached hydrogen (secondary N) is 1. The van der Waals surface area contributed by atoms with E-state index >= 15 is 0 Å². The van der Waals surface area contributed by atoms with E-state index in [1.165, 1.54) is 18.4 Å². The quantitative estimate of drug-likeness (QED) is 0.928. The predicted octanol–water partition coefficient (Wildman–Crippen LogP) is 3.09.